The molecule has 0 aromatic rings. The average Bonchev–Trinajstić information content (AvgIpc) is 2.38. The molecule has 0 bridgehead atoms. The molecule has 1 atom stereocenters. The van der Waals surface area contributed by atoms with E-state index in [1.807, 2.05) is 0 Å². The quantitative estimate of drug-likeness (QED) is 0.359. The highest BCUT2D eigenvalue weighted by atomic mass is 19.3. The van der Waals surface area contributed by atoms with Gasteiger partial charge < -0.3 is 0 Å². The van der Waals surface area contributed by atoms with Crippen LogP contribution in [0.4, 0.5) is 26.7 Å². The van der Waals surface area contributed by atoms with Crippen LogP contribution in [0.25, 0.3) is 0 Å². The molecule has 0 N–H and O–H groups in total. The van der Waals surface area contributed by atoms with Crippen molar-refractivity contribution in [2.75, 3.05) is 0 Å². The number of rotatable bonds is 0. The second-order valence-corrected chi connectivity index (χ2v) is 2.67. The fraction of sp³-hybridized carbons (Fsp3) is 0.200. The van der Waals surface area contributed by atoms with Crippen LogP contribution in [-0.2, 0) is 0 Å². The summed E-state index contributed by atoms with van der Waals surface area (Å²) in [5.41, 5.74) is -1.39. The molecule has 15 heavy (non-hydrogen) atoms. The lowest BCUT2D eigenvalue weighted by Gasteiger charge is -2.28. The first kappa shape index (κ1) is 10.1. The first-order valence-electron chi connectivity index (χ1n) is 3.51. The first-order valence-corrected chi connectivity index (χ1v) is 3.51. The number of hydrogen-bond acceptors (Lipinski definition) is 4. The lowest BCUT2D eigenvalue weighted by Crippen LogP contribution is -2.50. The van der Waals surface area contributed by atoms with Gasteiger partial charge in [0, 0.05) is 5.23 Å². The third kappa shape index (κ3) is 0.997. The highest BCUT2D eigenvalue weighted by Crippen LogP contribution is 2.46. The van der Waals surface area contributed by atoms with Crippen LogP contribution in [0, 0.1) is 0 Å². The van der Waals surface area contributed by atoms with Crippen LogP contribution in [0.3, 0.4) is 0 Å². The van der Waals surface area contributed by atoms with Gasteiger partial charge >= 0.3 is 5.92 Å². The average molecular weight is 232 g/mol. The smallest absolute Gasteiger partial charge is 0.187 e. The molecule has 2 heterocycles. The SMILES string of the molecule is FC1=CC=C2N(F)N(F)N(F)C2(F)N1F. The number of hydrogen-bond donors (Lipinski definition) is 0. The van der Waals surface area contributed by atoms with Crippen molar-refractivity contribution < 1.29 is 26.7 Å². The molecule has 0 aromatic carbocycles. The van der Waals surface area contributed by atoms with Crippen LogP contribution in [0.2, 0.25) is 0 Å². The van der Waals surface area contributed by atoms with E-state index in [4.69, 9.17) is 0 Å². The maximum absolute atomic E-state index is 13.5. The van der Waals surface area contributed by atoms with Gasteiger partial charge in [-0.25, -0.2) is 0 Å². The number of halogens is 6. The van der Waals surface area contributed by atoms with E-state index in [1.165, 1.54) is 0 Å². The van der Waals surface area contributed by atoms with Crippen molar-refractivity contribution in [3.05, 3.63) is 23.8 Å². The van der Waals surface area contributed by atoms with Gasteiger partial charge in [-0.15, -0.1) is 9.60 Å². The third-order valence-corrected chi connectivity index (χ3v) is 1.89. The minimum absolute atomic E-state index is 0.312. The molecule has 10 heteroatoms. The molecule has 2 rings (SSSR count). The summed E-state index contributed by atoms with van der Waals surface area (Å²) in [6, 6.07) is 0. The molecule has 1 unspecified atom stereocenters. The minimum atomic E-state index is -4.03. The normalized spacial score (nSPS) is 32.9. The van der Waals surface area contributed by atoms with Crippen LogP contribution < -0.4 is 0 Å². The zero-order valence-corrected chi connectivity index (χ0v) is 6.71. The van der Waals surface area contributed by atoms with E-state index < -0.39 is 38.5 Å². The molecule has 0 saturated carbocycles. The number of alkyl halides is 1. The molecule has 2 aliphatic heterocycles. The second kappa shape index (κ2) is 2.79. The summed E-state index contributed by atoms with van der Waals surface area (Å²) >= 11 is 0. The fourth-order valence-corrected chi connectivity index (χ4v) is 1.17. The van der Waals surface area contributed by atoms with Crippen LogP contribution >= 0.6 is 0 Å². The Morgan fingerprint density at radius 3 is 2.27 bits per heavy atom. The van der Waals surface area contributed by atoms with E-state index in [0.29, 0.717) is 12.2 Å². The van der Waals surface area contributed by atoms with Gasteiger partial charge in [0.25, 0.3) is 0 Å². The van der Waals surface area contributed by atoms with Crippen molar-refractivity contribution in [1.82, 2.24) is 20.9 Å². The maximum atomic E-state index is 13.5. The highest BCUT2D eigenvalue weighted by molar-refractivity contribution is 5.26. The summed E-state index contributed by atoms with van der Waals surface area (Å²) in [7, 11) is 0. The Morgan fingerprint density at radius 2 is 1.67 bits per heavy atom. The summed E-state index contributed by atoms with van der Waals surface area (Å²) in [6.45, 7) is 0. The Labute approximate surface area is 78.5 Å². The summed E-state index contributed by atoms with van der Waals surface area (Å²) in [5, 5.41) is -5.58. The zero-order chi connectivity index (χ0) is 11.4. The van der Waals surface area contributed by atoms with Gasteiger partial charge in [0.1, 0.15) is 5.70 Å². The van der Waals surface area contributed by atoms with Crippen LogP contribution in [-0.4, -0.2) is 26.8 Å². The molecule has 0 spiro atoms. The molecular weight excluding hydrogens is 230 g/mol. The summed E-state index contributed by atoms with van der Waals surface area (Å²) in [4.78, 5) is 0. The molecule has 2 aliphatic rings. The molecule has 0 radical (unpaired) electrons. The lowest BCUT2D eigenvalue weighted by molar-refractivity contribution is -0.418. The van der Waals surface area contributed by atoms with Crippen molar-refractivity contribution >= 4 is 0 Å². The molecular formula is C5H2F6N4. The van der Waals surface area contributed by atoms with Crippen molar-refractivity contribution in [1.29, 1.82) is 0 Å². The Bertz CT molecular complexity index is 357. The van der Waals surface area contributed by atoms with E-state index in [9.17, 15) is 26.7 Å². The summed E-state index contributed by atoms with van der Waals surface area (Å²) in [5.74, 6) is -5.85. The lowest BCUT2D eigenvalue weighted by atomic mass is 10.2. The third-order valence-electron chi connectivity index (χ3n) is 1.89. The molecule has 0 aromatic heterocycles. The number of hydrazine groups is 2. The molecule has 84 valence electrons. The number of fused-ring (bicyclic) bond motifs is 1. The minimum Gasteiger partial charge on any atom is -0.187 e. The predicted molar refractivity (Wildman–Crippen MR) is 32.9 cm³/mol. The maximum Gasteiger partial charge on any atom is 0.357 e. The predicted octanol–water partition coefficient (Wildman–Crippen LogP) is 1.91. The monoisotopic (exact) mass is 232 g/mol. The Hall–Kier alpha value is -1.42. The van der Waals surface area contributed by atoms with Gasteiger partial charge in [0.15, 0.2) is 0 Å². The fourth-order valence-electron chi connectivity index (χ4n) is 1.17. The van der Waals surface area contributed by atoms with E-state index >= 15 is 0 Å². The van der Waals surface area contributed by atoms with E-state index in [-0.39, 0.29) is 0 Å². The standard InChI is InChI=1S/C5H2F6N4/c6-4-2-1-3-5(7,12(4)8)14(10)15(11)13(3)9/h1-2H. The van der Waals surface area contributed by atoms with Gasteiger partial charge in [-0.1, -0.05) is 18.7 Å². The number of nitrogens with zero attached hydrogens (tertiary/aromatic N) is 4. The first-order chi connectivity index (χ1) is 6.90. The zero-order valence-electron chi connectivity index (χ0n) is 6.71. The van der Waals surface area contributed by atoms with Crippen molar-refractivity contribution in [3.8, 4) is 0 Å². The van der Waals surface area contributed by atoms with E-state index in [2.05, 4.69) is 0 Å². The van der Waals surface area contributed by atoms with Crippen molar-refractivity contribution in [3.63, 3.8) is 0 Å². The summed E-state index contributed by atoms with van der Waals surface area (Å²) < 4.78 is 76.7. The number of allylic oxidation sites excluding steroid dienone is 2. The van der Waals surface area contributed by atoms with E-state index in [0.717, 1.165) is 0 Å². The summed E-state index contributed by atoms with van der Waals surface area (Å²) in [6.07, 6.45) is 0.671. The topological polar surface area (TPSA) is 13.0 Å². The largest absolute Gasteiger partial charge is 0.357 e. The molecule has 0 amide bonds. The van der Waals surface area contributed by atoms with Gasteiger partial charge in [0.2, 0.25) is 5.95 Å². The highest BCUT2D eigenvalue weighted by Gasteiger charge is 2.65. The Balaban J connectivity index is 2.52. The van der Waals surface area contributed by atoms with E-state index in [1.54, 1.807) is 0 Å². The van der Waals surface area contributed by atoms with Crippen LogP contribution in [0.15, 0.2) is 23.8 Å². The van der Waals surface area contributed by atoms with Crippen LogP contribution in [0.5, 0.6) is 0 Å². The van der Waals surface area contributed by atoms with Gasteiger partial charge in [-0.2, -0.15) is 8.78 Å². The van der Waals surface area contributed by atoms with Gasteiger partial charge in [-0.05, 0) is 12.2 Å². The van der Waals surface area contributed by atoms with Crippen molar-refractivity contribution in [2.24, 2.45) is 0 Å². The molecule has 4 nitrogen and oxygen atoms in total. The second-order valence-electron chi connectivity index (χ2n) is 2.67. The molecule has 0 aliphatic carbocycles. The van der Waals surface area contributed by atoms with Gasteiger partial charge in [-0.3, -0.25) is 0 Å². The van der Waals surface area contributed by atoms with Gasteiger partial charge in [0.05, 0.1) is 5.34 Å². The molecule has 1 fully saturated rings. The Morgan fingerprint density at radius 1 is 1.07 bits per heavy atom. The van der Waals surface area contributed by atoms with Crippen LogP contribution in [0.1, 0.15) is 0 Å². The molecule has 1 saturated heterocycles. The van der Waals surface area contributed by atoms with Crippen molar-refractivity contribution in [2.45, 2.75) is 5.92 Å². The Kier molecular flexibility index (Phi) is 1.88.